The number of hydrogen-bond donors (Lipinski definition) is 0. The average Bonchev–Trinajstić information content (AvgIpc) is 2.21. The third kappa shape index (κ3) is 2.75. The number of halogens is 2. The third-order valence-electron chi connectivity index (χ3n) is 2.26. The molecule has 0 aromatic rings. The van der Waals surface area contributed by atoms with Crippen molar-refractivity contribution in [3.05, 3.63) is 0 Å². The Labute approximate surface area is 97.1 Å². The summed E-state index contributed by atoms with van der Waals surface area (Å²) in [6.07, 6.45) is -3.16. The van der Waals surface area contributed by atoms with Gasteiger partial charge in [0.2, 0.25) is 6.23 Å². The monoisotopic (exact) mass is 252 g/mol. The minimum Gasteiger partial charge on any atom is -0.435 e. The summed E-state index contributed by atoms with van der Waals surface area (Å²) in [5, 5.41) is 0. The molecular weight excluding hydrogens is 238 g/mol. The lowest BCUT2D eigenvalue weighted by Gasteiger charge is -2.41. The van der Waals surface area contributed by atoms with E-state index in [2.05, 4.69) is 9.47 Å². The molecule has 1 saturated heterocycles. The molecule has 0 aliphatic carbocycles. The van der Waals surface area contributed by atoms with Gasteiger partial charge < -0.3 is 14.4 Å². The number of carbonyl (C=O) groups is 2. The summed E-state index contributed by atoms with van der Waals surface area (Å²) in [6.45, 7) is 0.720. The van der Waals surface area contributed by atoms with Crippen LogP contribution in [0.5, 0.6) is 0 Å². The van der Waals surface area contributed by atoms with Gasteiger partial charge in [-0.15, -0.1) is 0 Å². The van der Waals surface area contributed by atoms with E-state index in [1.807, 2.05) is 0 Å². The molecule has 1 aliphatic heterocycles. The van der Waals surface area contributed by atoms with Crippen LogP contribution in [-0.2, 0) is 9.47 Å². The van der Waals surface area contributed by atoms with Crippen LogP contribution in [0.1, 0.15) is 6.92 Å². The van der Waals surface area contributed by atoms with Crippen LogP contribution in [0.3, 0.4) is 0 Å². The van der Waals surface area contributed by atoms with Gasteiger partial charge >= 0.3 is 18.1 Å². The molecule has 0 bridgehead atoms. The fraction of sp³-hybridized carbons (Fsp3) is 0.778. The summed E-state index contributed by atoms with van der Waals surface area (Å²) in [6, 6.07) is -0.648. The number of hydrogen-bond acceptors (Lipinski definition) is 4. The number of nitrogens with zero attached hydrogens (tertiary/aromatic N) is 2. The minimum absolute atomic E-state index is 0.00862. The molecule has 1 atom stereocenters. The normalized spacial score (nSPS) is 23.6. The van der Waals surface area contributed by atoms with Crippen molar-refractivity contribution < 1.29 is 27.8 Å². The molecule has 1 rings (SSSR count). The lowest BCUT2D eigenvalue weighted by molar-refractivity contribution is -0.190. The largest absolute Gasteiger partial charge is 0.510 e. The highest BCUT2D eigenvalue weighted by Gasteiger charge is 2.53. The lowest BCUT2D eigenvalue weighted by Crippen LogP contribution is -2.63. The molecule has 0 saturated carbocycles. The number of urea groups is 1. The van der Waals surface area contributed by atoms with Gasteiger partial charge in [0.15, 0.2) is 0 Å². The van der Waals surface area contributed by atoms with Crippen LogP contribution in [0.4, 0.5) is 18.4 Å². The Morgan fingerprint density at radius 3 is 2.65 bits per heavy atom. The van der Waals surface area contributed by atoms with Gasteiger partial charge in [0, 0.05) is 14.1 Å². The van der Waals surface area contributed by atoms with Crippen LogP contribution in [0.25, 0.3) is 0 Å². The fourth-order valence-corrected chi connectivity index (χ4v) is 1.52. The smallest absolute Gasteiger partial charge is 0.435 e. The van der Waals surface area contributed by atoms with E-state index in [9.17, 15) is 18.4 Å². The zero-order valence-electron chi connectivity index (χ0n) is 9.77. The Balaban J connectivity index is 2.80. The van der Waals surface area contributed by atoms with E-state index in [0.717, 1.165) is 11.9 Å². The summed E-state index contributed by atoms with van der Waals surface area (Å²) in [7, 11) is 2.38. The quantitative estimate of drug-likeness (QED) is 0.691. The van der Waals surface area contributed by atoms with Crippen molar-refractivity contribution in [2.45, 2.75) is 19.1 Å². The zero-order chi connectivity index (χ0) is 13.2. The number of amides is 2. The van der Waals surface area contributed by atoms with Crippen LogP contribution < -0.4 is 0 Å². The van der Waals surface area contributed by atoms with Gasteiger partial charge in [-0.1, -0.05) is 0 Å². The number of alkyl halides is 2. The van der Waals surface area contributed by atoms with E-state index in [-0.39, 0.29) is 6.61 Å². The molecule has 0 aromatic carbocycles. The first-order valence-electron chi connectivity index (χ1n) is 4.98. The zero-order valence-corrected chi connectivity index (χ0v) is 9.77. The Kier molecular flexibility index (Phi) is 3.74. The molecule has 98 valence electrons. The predicted molar refractivity (Wildman–Crippen MR) is 52.6 cm³/mol. The molecule has 0 radical (unpaired) electrons. The first-order chi connectivity index (χ1) is 7.79. The van der Waals surface area contributed by atoms with Gasteiger partial charge in [0.05, 0.1) is 13.2 Å². The molecule has 6 nitrogen and oxygen atoms in total. The molecule has 1 unspecified atom stereocenters. The number of carbonyl (C=O) groups excluding carboxylic acids is 2. The van der Waals surface area contributed by atoms with Gasteiger partial charge in [0.25, 0.3) is 0 Å². The second kappa shape index (κ2) is 4.72. The Morgan fingerprint density at radius 2 is 2.12 bits per heavy atom. The van der Waals surface area contributed by atoms with Crippen LogP contribution >= 0.6 is 0 Å². The van der Waals surface area contributed by atoms with Crippen molar-refractivity contribution >= 4 is 12.2 Å². The molecule has 0 N–H and O–H groups in total. The van der Waals surface area contributed by atoms with Gasteiger partial charge in [0.1, 0.15) is 0 Å². The fourth-order valence-electron chi connectivity index (χ4n) is 1.52. The maximum atomic E-state index is 13.6. The summed E-state index contributed by atoms with van der Waals surface area (Å²) in [4.78, 5) is 24.0. The maximum Gasteiger partial charge on any atom is 0.510 e. The molecule has 1 fully saturated rings. The number of rotatable bonds is 2. The molecule has 0 aromatic heterocycles. The Hall–Kier alpha value is -1.60. The SMILES string of the molecule is CCOC(=O)OC1N(C)C(=O)N(C)CC1(F)F. The van der Waals surface area contributed by atoms with Crippen LogP contribution in [0.15, 0.2) is 0 Å². The van der Waals surface area contributed by atoms with Gasteiger partial charge in [-0.3, -0.25) is 4.90 Å². The summed E-state index contributed by atoms with van der Waals surface area (Å²) < 4.78 is 36.0. The van der Waals surface area contributed by atoms with Crippen LogP contribution in [0, 0.1) is 0 Å². The van der Waals surface area contributed by atoms with Crippen LogP contribution in [-0.4, -0.2) is 61.4 Å². The molecule has 8 heteroatoms. The highest BCUT2D eigenvalue weighted by molar-refractivity contribution is 5.75. The predicted octanol–water partition coefficient (Wildman–Crippen LogP) is 1.12. The Bertz CT molecular complexity index is 324. The third-order valence-corrected chi connectivity index (χ3v) is 2.26. The Morgan fingerprint density at radius 1 is 1.53 bits per heavy atom. The highest BCUT2D eigenvalue weighted by atomic mass is 19.3. The second-order valence-corrected chi connectivity index (χ2v) is 3.66. The van der Waals surface area contributed by atoms with E-state index >= 15 is 0 Å². The summed E-state index contributed by atoms with van der Waals surface area (Å²) >= 11 is 0. The molecular formula is C9H14F2N2O4. The van der Waals surface area contributed by atoms with Gasteiger partial charge in [-0.2, -0.15) is 8.78 Å². The highest BCUT2D eigenvalue weighted by Crippen LogP contribution is 2.29. The molecule has 2 amide bonds. The van der Waals surface area contributed by atoms with Gasteiger partial charge in [-0.05, 0) is 6.92 Å². The standard InChI is InChI=1S/C9H14F2N2O4/c1-4-16-8(15)17-6-9(10,11)5-12(2)7(14)13(6)3/h6H,4-5H2,1-3H3. The summed E-state index contributed by atoms with van der Waals surface area (Å²) in [5.41, 5.74) is 0. The van der Waals surface area contributed by atoms with Crippen molar-refractivity contribution in [2.75, 3.05) is 27.2 Å². The average molecular weight is 252 g/mol. The molecule has 17 heavy (non-hydrogen) atoms. The van der Waals surface area contributed by atoms with E-state index in [0.29, 0.717) is 4.90 Å². The van der Waals surface area contributed by atoms with Gasteiger partial charge in [-0.25, -0.2) is 9.59 Å². The number of ether oxygens (including phenoxy) is 2. The summed E-state index contributed by atoms with van der Waals surface area (Å²) in [5.74, 6) is -3.34. The second-order valence-electron chi connectivity index (χ2n) is 3.66. The van der Waals surface area contributed by atoms with Crippen molar-refractivity contribution in [2.24, 2.45) is 0 Å². The first-order valence-corrected chi connectivity index (χ1v) is 4.98. The molecule has 1 aliphatic rings. The van der Waals surface area contributed by atoms with Crippen molar-refractivity contribution in [1.29, 1.82) is 0 Å². The molecule has 0 spiro atoms. The topological polar surface area (TPSA) is 59.1 Å². The van der Waals surface area contributed by atoms with E-state index in [1.54, 1.807) is 0 Å². The minimum atomic E-state index is -3.34. The van der Waals surface area contributed by atoms with Crippen LogP contribution in [0.2, 0.25) is 0 Å². The lowest BCUT2D eigenvalue weighted by atomic mass is 10.2. The van der Waals surface area contributed by atoms with E-state index < -0.39 is 30.9 Å². The van der Waals surface area contributed by atoms with E-state index in [4.69, 9.17) is 0 Å². The first kappa shape index (κ1) is 13.5. The van der Waals surface area contributed by atoms with E-state index in [1.165, 1.54) is 14.0 Å². The molecule has 1 heterocycles. The van der Waals surface area contributed by atoms with Crippen molar-refractivity contribution in [3.63, 3.8) is 0 Å². The van der Waals surface area contributed by atoms with Crippen molar-refractivity contribution in [1.82, 2.24) is 9.80 Å². The maximum absolute atomic E-state index is 13.6. The van der Waals surface area contributed by atoms with Crippen molar-refractivity contribution in [3.8, 4) is 0 Å².